The molecule has 7 heteroatoms. The number of carbonyl (C=O) groups excluding carboxylic acids is 1. The van der Waals surface area contributed by atoms with Crippen molar-refractivity contribution in [2.24, 2.45) is 0 Å². The van der Waals surface area contributed by atoms with Crippen LogP contribution in [0.3, 0.4) is 0 Å². The van der Waals surface area contributed by atoms with Gasteiger partial charge in [0.05, 0.1) is 31.5 Å². The molecule has 158 valence electrons. The predicted octanol–water partition coefficient (Wildman–Crippen LogP) is 5.11. The van der Waals surface area contributed by atoms with Crippen LogP contribution < -0.4 is 14.8 Å². The summed E-state index contributed by atoms with van der Waals surface area (Å²) in [6.07, 6.45) is 1.75. The molecular weight excluding hydrogens is 410 g/mol. The second-order valence-electron chi connectivity index (χ2n) is 6.95. The number of ether oxygens (including phenoxy) is 2. The summed E-state index contributed by atoms with van der Waals surface area (Å²) in [6.45, 7) is 1.97. The van der Waals surface area contributed by atoms with E-state index in [1.54, 1.807) is 36.4 Å². The van der Waals surface area contributed by atoms with Gasteiger partial charge in [0.1, 0.15) is 17.2 Å². The van der Waals surface area contributed by atoms with Gasteiger partial charge in [-0.05, 0) is 48.7 Å². The average Bonchev–Trinajstić information content (AvgIpc) is 3.50. The van der Waals surface area contributed by atoms with E-state index in [0.29, 0.717) is 28.3 Å². The summed E-state index contributed by atoms with van der Waals surface area (Å²) in [5, 5.41) is 9.83. The minimum Gasteiger partial charge on any atom is -0.497 e. The highest BCUT2D eigenvalue weighted by Crippen LogP contribution is 2.35. The van der Waals surface area contributed by atoms with Gasteiger partial charge in [-0.15, -0.1) is 11.3 Å². The molecule has 2 aromatic heterocycles. The van der Waals surface area contributed by atoms with Gasteiger partial charge < -0.3 is 14.8 Å². The van der Waals surface area contributed by atoms with E-state index in [0.717, 1.165) is 10.6 Å². The number of rotatable bonds is 7. The molecule has 0 spiro atoms. The van der Waals surface area contributed by atoms with Gasteiger partial charge in [-0.1, -0.05) is 24.3 Å². The molecule has 2 aromatic carbocycles. The topological polar surface area (TPSA) is 65.4 Å². The van der Waals surface area contributed by atoms with Crippen LogP contribution in [0.2, 0.25) is 0 Å². The van der Waals surface area contributed by atoms with Gasteiger partial charge in [0.25, 0.3) is 5.91 Å². The highest BCUT2D eigenvalue weighted by Gasteiger charge is 2.23. The maximum atomic E-state index is 13.3. The number of methoxy groups -OCH3 is 2. The summed E-state index contributed by atoms with van der Waals surface area (Å²) in [6, 6.07) is 19.0. The van der Waals surface area contributed by atoms with Crippen LogP contribution in [0.1, 0.15) is 28.2 Å². The van der Waals surface area contributed by atoms with Crippen LogP contribution in [0.4, 0.5) is 0 Å². The van der Waals surface area contributed by atoms with Crippen molar-refractivity contribution in [1.29, 1.82) is 0 Å². The first-order valence-electron chi connectivity index (χ1n) is 9.82. The van der Waals surface area contributed by atoms with E-state index >= 15 is 0 Å². The summed E-state index contributed by atoms with van der Waals surface area (Å²) < 4.78 is 12.7. The SMILES string of the molecule is COc1ccc(OC)c(-c2nn(-c3ccccc3)cc2C(=O)NC(C)c2cccs2)c1. The number of para-hydroxylation sites is 1. The highest BCUT2D eigenvalue weighted by atomic mass is 32.1. The predicted molar refractivity (Wildman–Crippen MR) is 122 cm³/mol. The van der Waals surface area contributed by atoms with Crippen LogP contribution in [0, 0.1) is 0 Å². The van der Waals surface area contributed by atoms with Gasteiger partial charge in [-0.25, -0.2) is 4.68 Å². The van der Waals surface area contributed by atoms with E-state index in [1.807, 2.05) is 73.0 Å². The third-order valence-corrected chi connectivity index (χ3v) is 6.01. The zero-order valence-corrected chi connectivity index (χ0v) is 18.3. The Morgan fingerprint density at radius 2 is 1.87 bits per heavy atom. The molecule has 6 nitrogen and oxygen atoms in total. The van der Waals surface area contributed by atoms with Crippen molar-refractivity contribution in [3.63, 3.8) is 0 Å². The summed E-state index contributed by atoms with van der Waals surface area (Å²) in [5.41, 5.74) is 2.52. The number of nitrogens with zero attached hydrogens (tertiary/aromatic N) is 2. The minimum absolute atomic E-state index is 0.118. The van der Waals surface area contributed by atoms with E-state index in [4.69, 9.17) is 14.6 Å². The number of carbonyl (C=O) groups is 1. The van der Waals surface area contributed by atoms with Crippen LogP contribution in [0.5, 0.6) is 11.5 Å². The second-order valence-corrected chi connectivity index (χ2v) is 7.93. The molecule has 1 atom stereocenters. The Hall–Kier alpha value is -3.58. The molecule has 0 fully saturated rings. The first-order valence-corrected chi connectivity index (χ1v) is 10.7. The molecule has 0 aliphatic rings. The molecule has 1 amide bonds. The van der Waals surface area contributed by atoms with Crippen molar-refractivity contribution < 1.29 is 14.3 Å². The monoisotopic (exact) mass is 433 g/mol. The molecule has 31 heavy (non-hydrogen) atoms. The fraction of sp³-hybridized carbons (Fsp3) is 0.167. The van der Waals surface area contributed by atoms with Crippen molar-refractivity contribution >= 4 is 17.2 Å². The fourth-order valence-corrected chi connectivity index (χ4v) is 4.07. The van der Waals surface area contributed by atoms with Gasteiger partial charge in [-0.3, -0.25) is 4.79 Å². The molecule has 0 bridgehead atoms. The molecular formula is C24H23N3O3S. The molecule has 0 radical (unpaired) electrons. The maximum absolute atomic E-state index is 13.3. The van der Waals surface area contributed by atoms with Gasteiger partial charge in [0.15, 0.2) is 0 Å². The number of benzene rings is 2. The molecule has 1 N–H and O–H groups in total. The van der Waals surface area contributed by atoms with E-state index in [9.17, 15) is 4.79 Å². The van der Waals surface area contributed by atoms with Crippen LogP contribution in [0.15, 0.2) is 72.2 Å². The molecule has 0 aliphatic heterocycles. The number of thiophene rings is 1. The highest BCUT2D eigenvalue weighted by molar-refractivity contribution is 7.10. The number of hydrogen-bond donors (Lipinski definition) is 1. The first-order chi connectivity index (χ1) is 15.1. The summed E-state index contributed by atoms with van der Waals surface area (Å²) >= 11 is 1.61. The maximum Gasteiger partial charge on any atom is 0.255 e. The lowest BCUT2D eigenvalue weighted by molar-refractivity contribution is 0.0941. The largest absolute Gasteiger partial charge is 0.497 e. The van der Waals surface area contributed by atoms with Gasteiger partial charge in [0.2, 0.25) is 0 Å². The first kappa shape index (κ1) is 20.7. The Morgan fingerprint density at radius 3 is 2.55 bits per heavy atom. The van der Waals surface area contributed by atoms with E-state index in [1.165, 1.54) is 0 Å². The third-order valence-electron chi connectivity index (χ3n) is 4.96. The Bertz CT molecular complexity index is 1170. The van der Waals surface area contributed by atoms with Crippen LogP contribution in [-0.2, 0) is 0 Å². The Labute approximate surface area is 185 Å². The third kappa shape index (κ3) is 4.32. The minimum atomic E-state index is -0.206. The average molecular weight is 434 g/mol. The molecule has 4 aromatic rings. The summed E-state index contributed by atoms with van der Waals surface area (Å²) in [7, 11) is 3.20. The molecule has 4 rings (SSSR count). The summed E-state index contributed by atoms with van der Waals surface area (Å²) in [5.74, 6) is 1.06. The number of amides is 1. The number of nitrogens with one attached hydrogen (secondary N) is 1. The van der Waals surface area contributed by atoms with Crippen molar-refractivity contribution in [2.75, 3.05) is 14.2 Å². The quantitative estimate of drug-likeness (QED) is 0.440. The van der Waals surface area contributed by atoms with Gasteiger partial charge >= 0.3 is 0 Å². The lowest BCUT2D eigenvalue weighted by Crippen LogP contribution is -2.26. The van der Waals surface area contributed by atoms with Gasteiger partial charge in [-0.2, -0.15) is 5.10 Å². The zero-order chi connectivity index (χ0) is 21.8. The Morgan fingerprint density at radius 1 is 1.06 bits per heavy atom. The normalized spacial score (nSPS) is 11.7. The number of hydrogen-bond acceptors (Lipinski definition) is 5. The fourth-order valence-electron chi connectivity index (χ4n) is 3.33. The van der Waals surface area contributed by atoms with E-state index in [-0.39, 0.29) is 11.9 Å². The molecule has 0 aliphatic carbocycles. The molecule has 2 heterocycles. The lowest BCUT2D eigenvalue weighted by atomic mass is 10.1. The standard InChI is InChI=1S/C24H23N3O3S/c1-16(22-10-7-13-31-22)25-24(28)20-15-27(17-8-5-4-6-9-17)26-23(20)19-14-18(29-2)11-12-21(19)30-3/h4-16H,1-3H3,(H,25,28). The molecule has 0 saturated heterocycles. The van der Waals surface area contributed by atoms with Crippen LogP contribution in [-0.4, -0.2) is 29.9 Å². The summed E-state index contributed by atoms with van der Waals surface area (Å²) in [4.78, 5) is 14.4. The van der Waals surface area contributed by atoms with Crippen molar-refractivity contribution in [1.82, 2.24) is 15.1 Å². The van der Waals surface area contributed by atoms with Crippen molar-refractivity contribution in [3.05, 3.63) is 82.7 Å². The van der Waals surface area contributed by atoms with Crippen LogP contribution in [0.25, 0.3) is 16.9 Å². The lowest BCUT2D eigenvalue weighted by Gasteiger charge is -2.13. The molecule has 1 unspecified atom stereocenters. The molecule has 0 saturated carbocycles. The zero-order valence-electron chi connectivity index (χ0n) is 17.5. The Balaban J connectivity index is 1.80. The van der Waals surface area contributed by atoms with Gasteiger partial charge in [0, 0.05) is 16.6 Å². The van der Waals surface area contributed by atoms with E-state index < -0.39 is 0 Å². The van der Waals surface area contributed by atoms with E-state index in [2.05, 4.69) is 5.32 Å². The smallest absolute Gasteiger partial charge is 0.255 e. The Kier molecular flexibility index (Phi) is 6.04. The second kappa shape index (κ2) is 9.06. The van der Waals surface area contributed by atoms with Crippen molar-refractivity contribution in [2.45, 2.75) is 13.0 Å². The van der Waals surface area contributed by atoms with Crippen LogP contribution >= 0.6 is 11.3 Å². The number of aromatic nitrogens is 2. The van der Waals surface area contributed by atoms with Crippen molar-refractivity contribution in [3.8, 4) is 28.4 Å².